The SMILES string of the molecule is Cc1cnn(-c2ccc(C(=O)NCCCOC(C)c3ccccc3)cc2)c1. The van der Waals surface area contributed by atoms with Gasteiger partial charge in [0.1, 0.15) is 0 Å². The highest BCUT2D eigenvalue weighted by atomic mass is 16.5. The first-order valence-electron chi connectivity index (χ1n) is 9.20. The van der Waals surface area contributed by atoms with E-state index in [1.165, 1.54) is 0 Å². The summed E-state index contributed by atoms with van der Waals surface area (Å²) in [5, 5.41) is 7.20. The van der Waals surface area contributed by atoms with Gasteiger partial charge in [-0.2, -0.15) is 5.10 Å². The number of rotatable bonds is 8. The van der Waals surface area contributed by atoms with E-state index in [9.17, 15) is 4.79 Å². The molecule has 5 heteroatoms. The number of carbonyl (C=O) groups is 1. The first kappa shape index (κ1) is 18.9. The van der Waals surface area contributed by atoms with Gasteiger partial charge >= 0.3 is 0 Å². The Morgan fingerprint density at radius 2 is 1.89 bits per heavy atom. The molecule has 0 radical (unpaired) electrons. The molecular formula is C22H25N3O2. The third-order valence-electron chi connectivity index (χ3n) is 4.35. The summed E-state index contributed by atoms with van der Waals surface area (Å²) in [6, 6.07) is 17.5. The highest BCUT2D eigenvalue weighted by Gasteiger charge is 2.07. The molecule has 0 saturated heterocycles. The van der Waals surface area contributed by atoms with Crippen LogP contribution in [0.25, 0.3) is 5.69 Å². The monoisotopic (exact) mass is 363 g/mol. The second-order valence-corrected chi connectivity index (χ2v) is 6.54. The molecule has 0 aliphatic heterocycles. The van der Waals surface area contributed by atoms with E-state index in [4.69, 9.17) is 4.74 Å². The van der Waals surface area contributed by atoms with E-state index < -0.39 is 0 Å². The fraction of sp³-hybridized carbons (Fsp3) is 0.273. The van der Waals surface area contributed by atoms with Crippen molar-refractivity contribution in [2.75, 3.05) is 13.2 Å². The van der Waals surface area contributed by atoms with Crippen molar-refractivity contribution in [2.24, 2.45) is 0 Å². The first-order chi connectivity index (χ1) is 13.1. The Labute approximate surface area is 160 Å². The summed E-state index contributed by atoms with van der Waals surface area (Å²) in [5.41, 5.74) is 3.83. The summed E-state index contributed by atoms with van der Waals surface area (Å²) in [6.45, 7) is 5.22. The maximum absolute atomic E-state index is 12.2. The zero-order valence-electron chi connectivity index (χ0n) is 15.8. The van der Waals surface area contributed by atoms with E-state index >= 15 is 0 Å². The van der Waals surface area contributed by atoms with Crippen molar-refractivity contribution in [3.05, 3.63) is 83.7 Å². The van der Waals surface area contributed by atoms with Gasteiger partial charge < -0.3 is 10.1 Å². The van der Waals surface area contributed by atoms with Crippen molar-refractivity contribution in [1.29, 1.82) is 0 Å². The van der Waals surface area contributed by atoms with Gasteiger partial charge in [-0.05, 0) is 55.7 Å². The Hall–Kier alpha value is -2.92. The summed E-state index contributed by atoms with van der Waals surface area (Å²) < 4.78 is 7.62. The summed E-state index contributed by atoms with van der Waals surface area (Å²) in [7, 11) is 0. The van der Waals surface area contributed by atoms with E-state index in [1.807, 2.05) is 62.5 Å². The lowest BCUT2D eigenvalue weighted by Gasteiger charge is -2.13. The lowest BCUT2D eigenvalue weighted by molar-refractivity contribution is 0.0635. The van der Waals surface area contributed by atoms with Crippen LogP contribution in [0.5, 0.6) is 0 Å². The zero-order valence-corrected chi connectivity index (χ0v) is 15.8. The molecule has 0 saturated carbocycles. The predicted molar refractivity (Wildman–Crippen MR) is 106 cm³/mol. The summed E-state index contributed by atoms with van der Waals surface area (Å²) in [6.07, 6.45) is 4.58. The minimum atomic E-state index is -0.0747. The van der Waals surface area contributed by atoms with Gasteiger partial charge in [0.25, 0.3) is 5.91 Å². The zero-order chi connectivity index (χ0) is 19.1. The minimum Gasteiger partial charge on any atom is -0.374 e. The fourth-order valence-corrected chi connectivity index (χ4v) is 2.78. The van der Waals surface area contributed by atoms with Gasteiger partial charge in [-0.15, -0.1) is 0 Å². The third-order valence-corrected chi connectivity index (χ3v) is 4.35. The number of hydrogen-bond acceptors (Lipinski definition) is 3. The molecule has 1 unspecified atom stereocenters. The topological polar surface area (TPSA) is 56.2 Å². The van der Waals surface area contributed by atoms with E-state index in [0.717, 1.165) is 23.2 Å². The van der Waals surface area contributed by atoms with Crippen LogP contribution in [-0.2, 0) is 4.74 Å². The van der Waals surface area contributed by atoms with Gasteiger partial charge in [0, 0.05) is 24.9 Å². The number of nitrogens with zero attached hydrogens (tertiary/aromatic N) is 2. The van der Waals surface area contributed by atoms with Crippen molar-refractivity contribution in [1.82, 2.24) is 15.1 Å². The highest BCUT2D eigenvalue weighted by Crippen LogP contribution is 2.15. The second kappa shape index (κ2) is 9.14. The molecule has 140 valence electrons. The van der Waals surface area contributed by atoms with Crippen molar-refractivity contribution >= 4 is 5.91 Å². The van der Waals surface area contributed by atoms with Crippen molar-refractivity contribution in [3.63, 3.8) is 0 Å². The predicted octanol–water partition coefficient (Wildman–Crippen LogP) is 4.08. The number of hydrogen-bond donors (Lipinski definition) is 1. The Kier molecular flexibility index (Phi) is 6.39. The molecule has 5 nitrogen and oxygen atoms in total. The number of aromatic nitrogens is 2. The maximum Gasteiger partial charge on any atom is 0.251 e. The maximum atomic E-state index is 12.2. The lowest BCUT2D eigenvalue weighted by Crippen LogP contribution is -2.25. The van der Waals surface area contributed by atoms with Gasteiger partial charge in [0.05, 0.1) is 18.0 Å². The number of aryl methyl sites for hydroxylation is 1. The highest BCUT2D eigenvalue weighted by molar-refractivity contribution is 5.94. The van der Waals surface area contributed by atoms with Crippen LogP contribution in [0.15, 0.2) is 67.0 Å². The number of nitrogens with one attached hydrogen (secondary N) is 1. The molecule has 0 fully saturated rings. The molecule has 0 aliphatic carbocycles. The van der Waals surface area contributed by atoms with Crippen LogP contribution in [0.3, 0.4) is 0 Å². The molecule has 27 heavy (non-hydrogen) atoms. The Morgan fingerprint density at radius 3 is 2.56 bits per heavy atom. The summed E-state index contributed by atoms with van der Waals surface area (Å²) in [5.74, 6) is -0.0747. The largest absolute Gasteiger partial charge is 0.374 e. The molecule has 1 N–H and O–H groups in total. The van der Waals surface area contributed by atoms with E-state index in [-0.39, 0.29) is 12.0 Å². The lowest BCUT2D eigenvalue weighted by atomic mass is 10.1. The number of carbonyl (C=O) groups excluding carboxylic acids is 1. The van der Waals surface area contributed by atoms with Crippen molar-refractivity contribution < 1.29 is 9.53 Å². The number of benzene rings is 2. The van der Waals surface area contributed by atoms with Crippen LogP contribution < -0.4 is 5.32 Å². The molecule has 1 atom stereocenters. The molecular weight excluding hydrogens is 338 g/mol. The molecule has 0 spiro atoms. The van der Waals surface area contributed by atoms with Gasteiger partial charge in [0.2, 0.25) is 0 Å². The molecule has 3 rings (SSSR count). The van der Waals surface area contributed by atoms with Gasteiger partial charge in [0.15, 0.2) is 0 Å². The van der Waals surface area contributed by atoms with Gasteiger partial charge in [-0.1, -0.05) is 30.3 Å². The molecule has 2 aromatic carbocycles. The molecule has 0 aliphatic rings. The first-order valence-corrected chi connectivity index (χ1v) is 9.20. The molecule has 1 amide bonds. The van der Waals surface area contributed by atoms with Crippen LogP contribution in [0.2, 0.25) is 0 Å². The average Bonchev–Trinajstić information content (AvgIpc) is 3.14. The van der Waals surface area contributed by atoms with E-state index in [2.05, 4.69) is 22.5 Å². The molecule has 1 heterocycles. The van der Waals surface area contributed by atoms with Crippen molar-refractivity contribution in [3.8, 4) is 5.69 Å². The van der Waals surface area contributed by atoms with E-state index in [0.29, 0.717) is 18.7 Å². The van der Waals surface area contributed by atoms with Gasteiger partial charge in [-0.3, -0.25) is 4.79 Å². The Morgan fingerprint density at radius 1 is 1.15 bits per heavy atom. The third kappa shape index (κ3) is 5.28. The standard InChI is InChI=1S/C22H25N3O2/c1-17-15-24-25(16-17)21-11-9-20(10-12-21)22(26)23-13-6-14-27-18(2)19-7-4-3-5-8-19/h3-5,7-12,15-16,18H,6,13-14H2,1-2H3,(H,23,26). The molecule has 1 aromatic heterocycles. The van der Waals surface area contributed by atoms with Crippen molar-refractivity contribution in [2.45, 2.75) is 26.4 Å². The average molecular weight is 363 g/mol. The molecule has 3 aromatic rings. The number of ether oxygens (including phenoxy) is 1. The fourth-order valence-electron chi connectivity index (χ4n) is 2.78. The smallest absolute Gasteiger partial charge is 0.251 e. The Bertz CT molecular complexity index is 857. The molecule has 0 bridgehead atoms. The van der Waals surface area contributed by atoms with Crippen LogP contribution in [0.1, 0.15) is 40.9 Å². The normalized spacial score (nSPS) is 11.9. The van der Waals surface area contributed by atoms with Crippen LogP contribution in [0.4, 0.5) is 0 Å². The van der Waals surface area contributed by atoms with E-state index in [1.54, 1.807) is 10.9 Å². The van der Waals surface area contributed by atoms with Crippen LogP contribution in [0, 0.1) is 6.92 Å². The van der Waals surface area contributed by atoms with Crippen LogP contribution >= 0.6 is 0 Å². The number of amides is 1. The summed E-state index contributed by atoms with van der Waals surface area (Å²) >= 11 is 0. The Balaban J connectivity index is 1.40. The minimum absolute atomic E-state index is 0.0559. The second-order valence-electron chi connectivity index (χ2n) is 6.54. The van der Waals surface area contributed by atoms with Crippen LogP contribution in [-0.4, -0.2) is 28.8 Å². The quantitative estimate of drug-likeness (QED) is 0.614. The summed E-state index contributed by atoms with van der Waals surface area (Å²) in [4.78, 5) is 12.2. The van der Waals surface area contributed by atoms with Gasteiger partial charge in [-0.25, -0.2) is 4.68 Å².